The van der Waals surface area contributed by atoms with Crippen molar-refractivity contribution in [1.82, 2.24) is 0 Å². The lowest BCUT2D eigenvalue weighted by Gasteiger charge is -2.20. The molecule has 0 bridgehead atoms. The van der Waals surface area contributed by atoms with E-state index in [-0.39, 0.29) is 17.3 Å². The van der Waals surface area contributed by atoms with Crippen molar-refractivity contribution in [3.05, 3.63) is 47.3 Å². The number of nitrogens with zero attached hydrogens (tertiary/aromatic N) is 5. The van der Waals surface area contributed by atoms with E-state index < -0.39 is 0 Å². The van der Waals surface area contributed by atoms with E-state index in [0.29, 0.717) is 0 Å². The largest absolute Gasteiger partial charge is 0.372 e. The third-order valence-corrected chi connectivity index (χ3v) is 4.70. The molecule has 0 spiro atoms. The van der Waals surface area contributed by atoms with Gasteiger partial charge in [-0.25, -0.2) is 9.98 Å². The zero-order valence-corrected chi connectivity index (χ0v) is 16.4. The van der Waals surface area contributed by atoms with Crippen molar-refractivity contribution in [2.24, 2.45) is 15.9 Å². The highest BCUT2D eigenvalue weighted by Crippen LogP contribution is 2.21. The number of rotatable bonds is 6. The highest BCUT2D eigenvalue weighted by molar-refractivity contribution is 6.14. The van der Waals surface area contributed by atoms with Gasteiger partial charge >= 0.3 is 0 Å². The van der Waals surface area contributed by atoms with Crippen molar-refractivity contribution in [2.45, 2.75) is 34.1 Å². The molecule has 1 aliphatic heterocycles. The topological polar surface area (TPSA) is 75.5 Å². The molecule has 1 aromatic carbocycles. The van der Waals surface area contributed by atoms with Crippen molar-refractivity contribution in [3.8, 4) is 12.1 Å². The lowest BCUT2D eigenvalue weighted by molar-refractivity contribution is 0.856. The molecule has 2 rings (SSSR count). The molecule has 1 aromatic rings. The van der Waals surface area contributed by atoms with Gasteiger partial charge in [0, 0.05) is 30.4 Å². The van der Waals surface area contributed by atoms with Crippen LogP contribution in [-0.2, 0) is 0 Å². The molecule has 1 aliphatic rings. The maximum atomic E-state index is 9.33. The van der Waals surface area contributed by atoms with Gasteiger partial charge < -0.3 is 4.90 Å². The second kappa shape index (κ2) is 9.50. The van der Waals surface area contributed by atoms with Crippen LogP contribution in [0.3, 0.4) is 0 Å². The summed E-state index contributed by atoms with van der Waals surface area (Å²) in [6.45, 7) is 10.2. The second-order valence-electron chi connectivity index (χ2n) is 6.27. The number of anilines is 1. The number of aliphatic imine (C=N–C) groups is 2. The minimum Gasteiger partial charge on any atom is -0.372 e. The standard InChI is InChI=1S/C22H25N5/c1-5-19-16(4)25-21(14-23)22(15-24)26-20(19)13-10-17-8-11-18(12-9-17)27(6-2)7-3/h8-13,19H,5-7H2,1-4H3/b13-10+. The summed E-state index contributed by atoms with van der Waals surface area (Å²) in [5.41, 5.74) is 3.98. The molecule has 1 atom stereocenters. The van der Waals surface area contributed by atoms with Gasteiger partial charge in [-0.15, -0.1) is 0 Å². The van der Waals surface area contributed by atoms with Crippen LogP contribution in [0.1, 0.15) is 39.7 Å². The Morgan fingerprint density at radius 3 is 2.07 bits per heavy atom. The first-order chi connectivity index (χ1) is 13.1. The average Bonchev–Trinajstić information content (AvgIpc) is 2.83. The number of benzene rings is 1. The van der Waals surface area contributed by atoms with Crippen molar-refractivity contribution in [3.63, 3.8) is 0 Å². The van der Waals surface area contributed by atoms with Gasteiger partial charge in [-0.05, 0) is 51.0 Å². The highest BCUT2D eigenvalue weighted by Gasteiger charge is 2.21. The Hall–Kier alpha value is -3.18. The molecular formula is C22H25N5. The van der Waals surface area contributed by atoms with E-state index in [2.05, 4.69) is 59.9 Å². The normalized spacial score (nSPS) is 17.0. The van der Waals surface area contributed by atoms with Crippen LogP contribution in [0.25, 0.3) is 6.08 Å². The minimum atomic E-state index is -0.00889. The first-order valence-corrected chi connectivity index (χ1v) is 9.29. The average molecular weight is 359 g/mol. The van der Waals surface area contributed by atoms with Crippen LogP contribution >= 0.6 is 0 Å². The van der Waals surface area contributed by atoms with Crippen LogP contribution in [0, 0.1) is 28.6 Å². The van der Waals surface area contributed by atoms with Gasteiger partial charge in [0.25, 0.3) is 0 Å². The molecule has 1 unspecified atom stereocenters. The summed E-state index contributed by atoms with van der Waals surface area (Å²) in [6, 6.07) is 12.3. The molecule has 0 saturated heterocycles. The zero-order valence-electron chi connectivity index (χ0n) is 16.4. The first kappa shape index (κ1) is 20.1. The van der Waals surface area contributed by atoms with Gasteiger partial charge in [-0.1, -0.05) is 25.1 Å². The zero-order chi connectivity index (χ0) is 19.8. The van der Waals surface area contributed by atoms with Gasteiger partial charge in [-0.2, -0.15) is 10.5 Å². The summed E-state index contributed by atoms with van der Waals surface area (Å²) >= 11 is 0. The summed E-state index contributed by atoms with van der Waals surface area (Å²) in [7, 11) is 0. The molecule has 5 nitrogen and oxygen atoms in total. The van der Waals surface area contributed by atoms with Crippen LogP contribution in [0.15, 0.2) is 51.7 Å². The summed E-state index contributed by atoms with van der Waals surface area (Å²) in [5.74, 6) is -0.00889. The third-order valence-electron chi connectivity index (χ3n) is 4.70. The van der Waals surface area contributed by atoms with Gasteiger partial charge in [0.1, 0.15) is 12.1 Å². The fourth-order valence-corrected chi connectivity index (χ4v) is 3.16. The third kappa shape index (κ3) is 4.71. The molecular weight excluding hydrogens is 334 g/mol. The maximum absolute atomic E-state index is 9.33. The molecule has 1 heterocycles. The van der Waals surface area contributed by atoms with Crippen molar-refractivity contribution in [2.75, 3.05) is 18.0 Å². The summed E-state index contributed by atoms with van der Waals surface area (Å²) < 4.78 is 0. The minimum absolute atomic E-state index is 0.00889. The molecule has 27 heavy (non-hydrogen) atoms. The van der Waals surface area contributed by atoms with Gasteiger partial charge in [0.2, 0.25) is 0 Å². The quantitative estimate of drug-likeness (QED) is 0.735. The molecule has 0 aliphatic carbocycles. The van der Waals surface area contributed by atoms with Gasteiger partial charge in [-0.3, -0.25) is 0 Å². The van der Waals surface area contributed by atoms with E-state index in [1.54, 1.807) is 0 Å². The number of allylic oxidation sites excluding steroid dienone is 3. The van der Waals surface area contributed by atoms with E-state index in [1.165, 1.54) is 5.69 Å². The molecule has 0 aromatic heterocycles. The Balaban J connectivity index is 2.35. The maximum Gasteiger partial charge on any atom is 0.177 e. The number of nitriles is 2. The van der Waals surface area contributed by atoms with Crippen LogP contribution in [0.4, 0.5) is 5.69 Å². The van der Waals surface area contributed by atoms with Crippen molar-refractivity contribution >= 4 is 23.2 Å². The van der Waals surface area contributed by atoms with Crippen LogP contribution in [0.5, 0.6) is 0 Å². The number of hydrogen-bond donors (Lipinski definition) is 0. The van der Waals surface area contributed by atoms with Gasteiger partial charge in [0.15, 0.2) is 11.4 Å². The van der Waals surface area contributed by atoms with Crippen LogP contribution < -0.4 is 4.90 Å². The second-order valence-corrected chi connectivity index (χ2v) is 6.27. The SMILES string of the molecule is CCC1C(C)=NC(C#N)=C(C#N)N=C1/C=C/c1ccc(N(CC)CC)cc1. The summed E-state index contributed by atoms with van der Waals surface area (Å²) in [4.78, 5) is 11.0. The van der Waals surface area contributed by atoms with Crippen molar-refractivity contribution in [1.29, 1.82) is 10.5 Å². The van der Waals surface area contributed by atoms with Crippen molar-refractivity contribution < 1.29 is 0 Å². The predicted molar refractivity (Wildman–Crippen MR) is 112 cm³/mol. The van der Waals surface area contributed by atoms with E-state index in [9.17, 15) is 10.5 Å². The molecule has 138 valence electrons. The predicted octanol–water partition coefficient (Wildman–Crippen LogP) is 4.75. The molecule has 0 radical (unpaired) electrons. The van der Waals surface area contributed by atoms with Gasteiger partial charge in [0.05, 0.1) is 5.71 Å². The summed E-state index contributed by atoms with van der Waals surface area (Å²) in [6.07, 6.45) is 4.72. The van der Waals surface area contributed by atoms with Crippen LogP contribution in [0.2, 0.25) is 0 Å². The Labute approximate surface area is 161 Å². The molecule has 0 fully saturated rings. The Bertz CT molecular complexity index is 869. The number of hydrogen-bond acceptors (Lipinski definition) is 5. The first-order valence-electron chi connectivity index (χ1n) is 9.29. The molecule has 0 N–H and O–H groups in total. The smallest absolute Gasteiger partial charge is 0.177 e. The van der Waals surface area contributed by atoms with E-state index >= 15 is 0 Å². The fourth-order valence-electron chi connectivity index (χ4n) is 3.16. The Morgan fingerprint density at radius 1 is 0.963 bits per heavy atom. The molecule has 0 amide bonds. The lowest BCUT2D eigenvalue weighted by atomic mass is 9.94. The van der Waals surface area contributed by atoms with E-state index in [4.69, 9.17) is 0 Å². The highest BCUT2D eigenvalue weighted by atomic mass is 15.1. The monoisotopic (exact) mass is 359 g/mol. The van der Waals surface area contributed by atoms with E-state index in [1.807, 2.05) is 31.2 Å². The lowest BCUT2D eigenvalue weighted by Crippen LogP contribution is -2.21. The fraction of sp³-hybridized carbons (Fsp3) is 0.364. The molecule has 5 heteroatoms. The van der Waals surface area contributed by atoms with E-state index in [0.717, 1.165) is 36.5 Å². The molecule has 0 saturated carbocycles. The van der Waals surface area contributed by atoms with Crippen LogP contribution in [-0.4, -0.2) is 24.5 Å². The Morgan fingerprint density at radius 2 is 1.56 bits per heavy atom. The Kier molecular flexibility index (Phi) is 7.08. The summed E-state index contributed by atoms with van der Waals surface area (Å²) in [5, 5.41) is 18.6.